The molecule has 0 bridgehead atoms. The van der Waals surface area contributed by atoms with Crippen molar-refractivity contribution in [3.8, 4) is 5.75 Å². The first-order chi connectivity index (χ1) is 8.72. The number of ether oxygens (including phenoxy) is 3. The summed E-state index contributed by atoms with van der Waals surface area (Å²) in [5, 5.41) is 0. The number of hydrogen-bond acceptors (Lipinski definition) is 5. The summed E-state index contributed by atoms with van der Waals surface area (Å²) in [6, 6.07) is 5.06. The summed E-state index contributed by atoms with van der Waals surface area (Å²) in [5.74, 6) is 0.0310. The van der Waals surface area contributed by atoms with Gasteiger partial charge in [0, 0.05) is 6.61 Å². The Balaban J connectivity index is 2.05. The number of carbonyl (C=O) groups is 1. The summed E-state index contributed by atoms with van der Waals surface area (Å²) in [6.07, 6.45) is 2.17. The molecule has 0 amide bonds. The van der Waals surface area contributed by atoms with Crippen LogP contribution in [0.25, 0.3) is 0 Å². The number of rotatable bonds is 4. The standard InChI is InChI=1S/C13H17NO4/c1-16-13(15)10-5-2-6-11(12(10)14)18-8-9-4-3-7-17-9/h2,5-6,9H,3-4,7-8,14H2,1H3. The van der Waals surface area contributed by atoms with Crippen molar-refractivity contribution < 1.29 is 19.0 Å². The Morgan fingerprint density at radius 2 is 2.39 bits per heavy atom. The minimum atomic E-state index is -0.463. The number of carbonyl (C=O) groups excluding carboxylic acids is 1. The van der Waals surface area contributed by atoms with Crippen LogP contribution in [0.15, 0.2) is 18.2 Å². The van der Waals surface area contributed by atoms with Crippen molar-refractivity contribution in [1.82, 2.24) is 0 Å². The van der Waals surface area contributed by atoms with Crippen LogP contribution >= 0.6 is 0 Å². The number of nitrogens with two attached hydrogens (primary N) is 1. The van der Waals surface area contributed by atoms with Crippen molar-refractivity contribution in [3.63, 3.8) is 0 Å². The van der Waals surface area contributed by atoms with Gasteiger partial charge < -0.3 is 19.9 Å². The largest absolute Gasteiger partial charge is 0.489 e. The predicted molar refractivity (Wildman–Crippen MR) is 66.7 cm³/mol. The Kier molecular flexibility index (Phi) is 4.04. The highest BCUT2D eigenvalue weighted by atomic mass is 16.5. The summed E-state index contributed by atoms with van der Waals surface area (Å²) < 4.78 is 15.7. The lowest BCUT2D eigenvalue weighted by atomic mass is 10.1. The third-order valence-corrected chi connectivity index (χ3v) is 2.92. The fourth-order valence-electron chi connectivity index (χ4n) is 1.92. The molecular weight excluding hydrogens is 234 g/mol. The molecule has 0 saturated carbocycles. The Morgan fingerprint density at radius 3 is 3.06 bits per heavy atom. The topological polar surface area (TPSA) is 70.8 Å². The van der Waals surface area contributed by atoms with Crippen molar-refractivity contribution in [2.45, 2.75) is 18.9 Å². The Hall–Kier alpha value is -1.75. The first-order valence-corrected chi connectivity index (χ1v) is 5.93. The molecule has 98 valence electrons. The van der Waals surface area contributed by atoms with E-state index in [1.165, 1.54) is 7.11 Å². The summed E-state index contributed by atoms with van der Waals surface area (Å²) >= 11 is 0. The quantitative estimate of drug-likeness (QED) is 0.650. The van der Waals surface area contributed by atoms with E-state index in [9.17, 15) is 4.79 Å². The molecule has 18 heavy (non-hydrogen) atoms. The molecule has 0 aromatic heterocycles. The lowest BCUT2D eigenvalue weighted by Crippen LogP contribution is -2.17. The van der Waals surface area contributed by atoms with Crippen LogP contribution in [-0.4, -0.2) is 32.4 Å². The molecule has 5 nitrogen and oxygen atoms in total. The first-order valence-electron chi connectivity index (χ1n) is 5.93. The fraction of sp³-hybridized carbons (Fsp3) is 0.462. The van der Waals surface area contributed by atoms with Gasteiger partial charge in [0.05, 0.1) is 24.5 Å². The maximum atomic E-state index is 11.5. The van der Waals surface area contributed by atoms with Crippen LogP contribution in [0, 0.1) is 0 Å². The monoisotopic (exact) mass is 251 g/mol. The Morgan fingerprint density at radius 1 is 1.56 bits per heavy atom. The summed E-state index contributed by atoms with van der Waals surface area (Å²) in [6.45, 7) is 1.24. The van der Waals surface area contributed by atoms with Crippen LogP contribution in [0.4, 0.5) is 5.69 Å². The lowest BCUT2D eigenvalue weighted by molar-refractivity contribution is 0.0600. The molecule has 1 unspecified atom stereocenters. The number of methoxy groups -OCH3 is 1. The molecule has 1 saturated heterocycles. The van der Waals surface area contributed by atoms with Crippen LogP contribution in [-0.2, 0) is 9.47 Å². The molecule has 0 spiro atoms. The number of esters is 1. The molecule has 1 heterocycles. The highest BCUT2D eigenvalue weighted by Crippen LogP contribution is 2.26. The number of anilines is 1. The highest BCUT2D eigenvalue weighted by Gasteiger charge is 2.18. The van der Waals surface area contributed by atoms with Crippen molar-refractivity contribution in [1.29, 1.82) is 0 Å². The molecule has 2 rings (SSSR count). The van der Waals surface area contributed by atoms with E-state index in [1.54, 1.807) is 18.2 Å². The van der Waals surface area contributed by atoms with Crippen LogP contribution in [0.3, 0.4) is 0 Å². The van der Waals surface area contributed by atoms with Gasteiger partial charge in [-0.3, -0.25) is 0 Å². The lowest BCUT2D eigenvalue weighted by Gasteiger charge is -2.14. The molecule has 2 N–H and O–H groups in total. The second-order valence-electron chi connectivity index (χ2n) is 4.15. The SMILES string of the molecule is COC(=O)c1cccc(OCC2CCCO2)c1N. The van der Waals surface area contributed by atoms with Crippen LogP contribution in [0.1, 0.15) is 23.2 Å². The number of hydrogen-bond donors (Lipinski definition) is 1. The molecule has 1 aromatic carbocycles. The maximum Gasteiger partial charge on any atom is 0.340 e. The third-order valence-electron chi connectivity index (χ3n) is 2.92. The predicted octanol–water partition coefficient (Wildman–Crippen LogP) is 1.61. The second-order valence-corrected chi connectivity index (χ2v) is 4.15. The van der Waals surface area contributed by atoms with E-state index in [0.717, 1.165) is 19.4 Å². The van der Waals surface area contributed by atoms with Gasteiger partial charge in [-0.25, -0.2) is 4.79 Å². The number of benzene rings is 1. The Bertz CT molecular complexity index is 427. The maximum absolute atomic E-state index is 11.5. The van der Waals surface area contributed by atoms with E-state index in [4.69, 9.17) is 15.2 Å². The van der Waals surface area contributed by atoms with E-state index in [1.807, 2.05) is 0 Å². The minimum absolute atomic E-state index is 0.117. The summed E-state index contributed by atoms with van der Waals surface area (Å²) in [4.78, 5) is 11.5. The number of nitrogen functional groups attached to an aromatic ring is 1. The average Bonchev–Trinajstić information content (AvgIpc) is 2.90. The van der Waals surface area contributed by atoms with Crippen molar-refractivity contribution in [2.75, 3.05) is 26.1 Å². The smallest absolute Gasteiger partial charge is 0.340 e. The molecule has 0 radical (unpaired) electrons. The van der Waals surface area contributed by atoms with Gasteiger partial charge >= 0.3 is 5.97 Å². The zero-order valence-corrected chi connectivity index (χ0v) is 10.3. The minimum Gasteiger partial charge on any atom is -0.489 e. The van der Waals surface area contributed by atoms with E-state index < -0.39 is 5.97 Å². The summed E-state index contributed by atoms with van der Waals surface area (Å²) in [5.41, 5.74) is 6.51. The van der Waals surface area contributed by atoms with Gasteiger partial charge in [0.1, 0.15) is 12.4 Å². The molecule has 0 aliphatic carbocycles. The molecule has 5 heteroatoms. The van der Waals surface area contributed by atoms with Crippen molar-refractivity contribution in [2.24, 2.45) is 0 Å². The zero-order chi connectivity index (χ0) is 13.0. The first kappa shape index (κ1) is 12.7. The van der Waals surface area contributed by atoms with Crippen molar-refractivity contribution in [3.05, 3.63) is 23.8 Å². The summed E-state index contributed by atoms with van der Waals surface area (Å²) in [7, 11) is 1.32. The Labute approximate surface area is 106 Å². The van der Waals surface area contributed by atoms with Gasteiger partial charge in [0.2, 0.25) is 0 Å². The van der Waals surface area contributed by atoms with Crippen LogP contribution < -0.4 is 10.5 Å². The molecule has 1 fully saturated rings. The van der Waals surface area contributed by atoms with Gasteiger partial charge in [0.15, 0.2) is 0 Å². The third kappa shape index (κ3) is 2.73. The van der Waals surface area contributed by atoms with E-state index in [2.05, 4.69) is 4.74 Å². The van der Waals surface area contributed by atoms with Gasteiger partial charge in [-0.05, 0) is 25.0 Å². The van der Waals surface area contributed by atoms with Gasteiger partial charge in [0.25, 0.3) is 0 Å². The molecule has 1 aromatic rings. The fourth-order valence-corrected chi connectivity index (χ4v) is 1.92. The number of para-hydroxylation sites is 1. The molecular formula is C13H17NO4. The van der Waals surface area contributed by atoms with E-state index in [0.29, 0.717) is 23.6 Å². The van der Waals surface area contributed by atoms with Crippen molar-refractivity contribution >= 4 is 11.7 Å². The highest BCUT2D eigenvalue weighted by molar-refractivity contribution is 5.96. The van der Waals surface area contributed by atoms with E-state index >= 15 is 0 Å². The zero-order valence-electron chi connectivity index (χ0n) is 10.3. The van der Waals surface area contributed by atoms with E-state index in [-0.39, 0.29) is 6.10 Å². The van der Waals surface area contributed by atoms with Crippen LogP contribution in [0.5, 0.6) is 5.75 Å². The van der Waals surface area contributed by atoms with Crippen LogP contribution in [0.2, 0.25) is 0 Å². The average molecular weight is 251 g/mol. The van der Waals surface area contributed by atoms with Gasteiger partial charge in [-0.15, -0.1) is 0 Å². The molecule has 1 aliphatic rings. The second kappa shape index (κ2) is 5.73. The van der Waals surface area contributed by atoms with Gasteiger partial charge in [-0.2, -0.15) is 0 Å². The molecule has 1 atom stereocenters. The molecule has 1 aliphatic heterocycles. The van der Waals surface area contributed by atoms with Gasteiger partial charge in [-0.1, -0.05) is 6.07 Å². The normalized spacial score (nSPS) is 18.6.